The molecule has 0 bridgehead atoms. The molecule has 25 heavy (non-hydrogen) atoms. The van der Waals surface area contributed by atoms with Crippen LogP contribution < -0.4 is 0 Å². The van der Waals surface area contributed by atoms with Crippen LogP contribution in [0.4, 0.5) is 8.78 Å². The number of amides is 1. The minimum Gasteiger partial charge on any atom is -0.447 e. The fourth-order valence-corrected chi connectivity index (χ4v) is 2.62. The Labute approximate surface area is 145 Å². The van der Waals surface area contributed by atoms with E-state index in [1.54, 1.807) is 11.9 Å². The number of hydrogen-bond donors (Lipinski definition) is 0. The molecule has 1 heterocycles. The van der Waals surface area contributed by atoms with E-state index < -0.39 is 11.6 Å². The third-order valence-corrected chi connectivity index (χ3v) is 4.38. The highest BCUT2D eigenvalue weighted by molar-refractivity contribution is 5.91. The number of carbonyl (C=O) groups excluding carboxylic acids is 1. The van der Waals surface area contributed by atoms with Gasteiger partial charge in [0.2, 0.25) is 5.89 Å². The Balaban J connectivity index is 1.70. The number of oxazole rings is 1. The highest BCUT2D eigenvalue weighted by Gasteiger charge is 2.31. The van der Waals surface area contributed by atoms with Gasteiger partial charge in [0.1, 0.15) is 17.9 Å². The van der Waals surface area contributed by atoms with Crippen LogP contribution in [0.1, 0.15) is 41.7 Å². The molecule has 0 saturated heterocycles. The van der Waals surface area contributed by atoms with Crippen LogP contribution in [0.5, 0.6) is 0 Å². The minimum absolute atomic E-state index is 0.194. The van der Waals surface area contributed by atoms with Gasteiger partial charge in [-0.1, -0.05) is 6.07 Å². The maximum atomic E-state index is 13.9. The largest absolute Gasteiger partial charge is 0.447 e. The smallest absolute Gasteiger partial charge is 0.275 e. The van der Waals surface area contributed by atoms with Gasteiger partial charge in [-0.05, 0) is 25.8 Å². The lowest BCUT2D eigenvalue weighted by Crippen LogP contribution is -2.27. The Kier molecular flexibility index (Phi) is 5.13. The van der Waals surface area contributed by atoms with Crippen LogP contribution in [0, 0.1) is 11.6 Å². The first-order valence-corrected chi connectivity index (χ1v) is 8.35. The van der Waals surface area contributed by atoms with Gasteiger partial charge in [-0.15, -0.1) is 0 Å². The topological polar surface area (TPSA) is 49.6 Å². The van der Waals surface area contributed by atoms with E-state index in [-0.39, 0.29) is 11.6 Å². The molecule has 3 rings (SSSR count). The molecule has 1 saturated carbocycles. The fourth-order valence-electron chi connectivity index (χ4n) is 2.62. The van der Waals surface area contributed by atoms with Gasteiger partial charge in [-0.3, -0.25) is 9.69 Å². The summed E-state index contributed by atoms with van der Waals surface area (Å²) in [5.74, 6) is -0.920. The third kappa shape index (κ3) is 4.22. The van der Waals surface area contributed by atoms with Gasteiger partial charge in [0.05, 0.1) is 6.54 Å². The summed E-state index contributed by atoms with van der Waals surface area (Å²) in [6.45, 7) is 3.19. The van der Waals surface area contributed by atoms with Gasteiger partial charge in [-0.2, -0.15) is 0 Å². The second-order valence-corrected chi connectivity index (χ2v) is 6.32. The van der Waals surface area contributed by atoms with Crippen LogP contribution >= 0.6 is 0 Å². The molecule has 0 radical (unpaired) electrons. The Morgan fingerprint density at radius 2 is 2.08 bits per heavy atom. The van der Waals surface area contributed by atoms with E-state index in [2.05, 4.69) is 4.98 Å². The molecule has 1 aliphatic carbocycles. The van der Waals surface area contributed by atoms with Gasteiger partial charge >= 0.3 is 0 Å². The zero-order chi connectivity index (χ0) is 18.0. The maximum absolute atomic E-state index is 13.9. The number of aromatic nitrogens is 1. The summed E-state index contributed by atoms with van der Waals surface area (Å²) in [7, 11) is 1.70. The predicted octanol–water partition coefficient (Wildman–Crippen LogP) is 3.21. The van der Waals surface area contributed by atoms with Crippen LogP contribution in [0.2, 0.25) is 0 Å². The van der Waals surface area contributed by atoms with E-state index in [4.69, 9.17) is 4.42 Å². The standard InChI is InChI=1S/C18H21F2N3O2/c1-3-22(2)18(24)16-11-25-17(21-16)10-23(14-6-7-14)9-12-4-5-13(19)8-15(12)20/h4-5,8,11,14H,3,6-7,9-10H2,1-2H3. The van der Waals surface area contributed by atoms with Crippen molar-refractivity contribution in [2.24, 2.45) is 0 Å². The van der Waals surface area contributed by atoms with Crippen molar-refractivity contribution in [2.45, 2.75) is 38.9 Å². The van der Waals surface area contributed by atoms with Crippen LogP contribution in [-0.4, -0.2) is 40.3 Å². The molecule has 2 aromatic rings. The predicted molar refractivity (Wildman–Crippen MR) is 87.8 cm³/mol. The molecule has 0 atom stereocenters. The molecular formula is C18H21F2N3O2. The first-order chi connectivity index (χ1) is 12.0. The van der Waals surface area contributed by atoms with E-state index in [1.165, 1.54) is 18.4 Å². The second-order valence-electron chi connectivity index (χ2n) is 6.32. The van der Waals surface area contributed by atoms with Crippen LogP contribution in [0.25, 0.3) is 0 Å². The van der Waals surface area contributed by atoms with Crippen molar-refractivity contribution in [3.05, 3.63) is 53.2 Å². The van der Waals surface area contributed by atoms with Crippen molar-refractivity contribution < 1.29 is 18.0 Å². The van der Waals surface area contributed by atoms with E-state index in [0.717, 1.165) is 18.9 Å². The average Bonchev–Trinajstić information content (AvgIpc) is 3.34. The molecule has 1 aliphatic rings. The lowest BCUT2D eigenvalue weighted by Gasteiger charge is -2.20. The van der Waals surface area contributed by atoms with Gasteiger partial charge < -0.3 is 9.32 Å². The fraction of sp³-hybridized carbons (Fsp3) is 0.444. The van der Waals surface area contributed by atoms with Crippen molar-refractivity contribution in [3.8, 4) is 0 Å². The maximum Gasteiger partial charge on any atom is 0.275 e. The Bertz CT molecular complexity index is 759. The molecule has 1 amide bonds. The number of rotatable bonds is 7. The lowest BCUT2D eigenvalue weighted by atomic mass is 10.2. The highest BCUT2D eigenvalue weighted by Crippen LogP contribution is 2.30. The van der Waals surface area contributed by atoms with E-state index in [0.29, 0.717) is 37.1 Å². The Hall–Kier alpha value is -2.28. The number of nitrogens with zero attached hydrogens (tertiary/aromatic N) is 3. The first kappa shape index (κ1) is 17.5. The molecule has 1 aromatic carbocycles. The normalized spacial score (nSPS) is 14.1. The van der Waals surface area contributed by atoms with Crippen LogP contribution in [0.3, 0.4) is 0 Å². The van der Waals surface area contributed by atoms with Crippen LogP contribution in [-0.2, 0) is 13.1 Å². The third-order valence-electron chi connectivity index (χ3n) is 4.38. The molecule has 1 aromatic heterocycles. The Morgan fingerprint density at radius 1 is 1.32 bits per heavy atom. The first-order valence-electron chi connectivity index (χ1n) is 8.35. The number of hydrogen-bond acceptors (Lipinski definition) is 4. The van der Waals surface area contributed by atoms with Gasteiger partial charge in [0, 0.05) is 37.8 Å². The van der Waals surface area contributed by atoms with Crippen molar-refractivity contribution in [1.82, 2.24) is 14.8 Å². The van der Waals surface area contributed by atoms with Gasteiger partial charge in [-0.25, -0.2) is 13.8 Å². The molecule has 0 unspecified atom stereocenters. The van der Waals surface area contributed by atoms with Crippen molar-refractivity contribution in [3.63, 3.8) is 0 Å². The van der Waals surface area contributed by atoms with Crippen LogP contribution in [0.15, 0.2) is 28.9 Å². The summed E-state index contributed by atoms with van der Waals surface area (Å²) in [4.78, 5) is 19.9. The van der Waals surface area contributed by atoms with Crippen molar-refractivity contribution in [1.29, 1.82) is 0 Å². The molecule has 134 valence electrons. The summed E-state index contributed by atoms with van der Waals surface area (Å²) in [5.41, 5.74) is 0.699. The van der Waals surface area contributed by atoms with E-state index >= 15 is 0 Å². The molecule has 0 N–H and O–H groups in total. The zero-order valence-electron chi connectivity index (χ0n) is 14.3. The molecule has 5 nitrogen and oxygen atoms in total. The van der Waals surface area contributed by atoms with Gasteiger partial charge in [0.25, 0.3) is 5.91 Å². The average molecular weight is 349 g/mol. The van der Waals surface area contributed by atoms with Crippen molar-refractivity contribution >= 4 is 5.91 Å². The SMILES string of the molecule is CCN(C)C(=O)c1coc(CN(Cc2ccc(F)cc2F)C2CC2)n1. The summed E-state index contributed by atoms with van der Waals surface area (Å²) >= 11 is 0. The number of carbonyl (C=O) groups is 1. The summed E-state index contributed by atoms with van der Waals surface area (Å²) < 4.78 is 32.4. The van der Waals surface area contributed by atoms with Gasteiger partial charge in [0.15, 0.2) is 5.69 Å². The van der Waals surface area contributed by atoms with E-state index in [1.807, 2.05) is 11.8 Å². The quantitative estimate of drug-likeness (QED) is 0.770. The summed E-state index contributed by atoms with van der Waals surface area (Å²) in [6.07, 6.45) is 3.40. The van der Waals surface area contributed by atoms with Crippen molar-refractivity contribution in [2.75, 3.05) is 13.6 Å². The summed E-state index contributed by atoms with van der Waals surface area (Å²) in [6, 6.07) is 3.93. The number of halogens is 2. The summed E-state index contributed by atoms with van der Waals surface area (Å²) in [5, 5.41) is 0. The highest BCUT2D eigenvalue weighted by atomic mass is 19.1. The Morgan fingerprint density at radius 3 is 2.72 bits per heavy atom. The monoisotopic (exact) mass is 349 g/mol. The molecule has 0 spiro atoms. The zero-order valence-corrected chi connectivity index (χ0v) is 14.3. The lowest BCUT2D eigenvalue weighted by molar-refractivity contribution is 0.0796. The second kappa shape index (κ2) is 7.31. The minimum atomic E-state index is -0.588. The molecule has 0 aliphatic heterocycles. The number of benzene rings is 1. The molecule has 7 heteroatoms. The molecule has 1 fully saturated rings. The van der Waals surface area contributed by atoms with E-state index in [9.17, 15) is 13.6 Å². The molecular weight excluding hydrogens is 328 g/mol.